The fourth-order valence-electron chi connectivity index (χ4n) is 6.61. The lowest BCUT2D eigenvalue weighted by Gasteiger charge is -2.39. The van der Waals surface area contributed by atoms with Crippen LogP contribution in [-0.2, 0) is 9.59 Å². The van der Waals surface area contributed by atoms with E-state index >= 15 is 0 Å². The first-order valence-electron chi connectivity index (χ1n) is 12.0. The topological polar surface area (TPSA) is 40.6 Å². The number of rotatable bonds is 0. The van der Waals surface area contributed by atoms with E-state index in [-0.39, 0.29) is 11.8 Å². The Hall–Kier alpha value is -3.40. The molecule has 0 spiro atoms. The summed E-state index contributed by atoms with van der Waals surface area (Å²) in [5.41, 5.74) is 10.4. The number of aryl methyl sites for hydroxylation is 2. The van der Waals surface area contributed by atoms with Crippen LogP contribution in [0.15, 0.2) is 36.4 Å². The molecule has 4 aliphatic heterocycles. The molecule has 172 valence electrons. The first kappa shape index (κ1) is 21.2. The number of nitrogens with zero attached hydrogens (tertiary/aromatic N) is 2. The van der Waals surface area contributed by atoms with E-state index < -0.39 is 11.1 Å². The van der Waals surface area contributed by atoms with Gasteiger partial charge >= 0.3 is 0 Å². The van der Waals surface area contributed by atoms with E-state index in [1.807, 2.05) is 9.80 Å². The fourth-order valence-corrected chi connectivity index (χ4v) is 6.61. The smallest absolute Gasteiger partial charge is 0.260 e. The van der Waals surface area contributed by atoms with Crippen molar-refractivity contribution in [2.24, 2.45) is 0 Å². The van der Waals surface area contributed by atoms with Crippen molar-refractivity contribution >= 4 is 45.5 Å². The number of amides is 2. The van der Waals surface area contributed by atoms with Crippen LogP contribution >= 0.6 is 0 Å². The molecule has 2 amide bonds. The number of allylic oxidation sites excluding steroid dienone is 2. The van der Waals surface area contributed by atoms with Gasteiger partial charge in [0.05, 0.1) is 33.6 Å². The maximum atomic E-state index is 14.2. The van der Waals surface area contributed by atoms with Gasteiger partial charge in [0.1, 0.15) is 0 Å². The molecule has 4 nitrogen and oxygen atoms in total. The quantitative estimate of drug-likeness (QED) is 0.442. The van der Waals surface area contributed by atoms with Crippen LogP contribution in [0.25, 0.3) is 22.3 Å². The molecular weight excluding hydrogens is 420 g/mol. The zero-order chi connectivity index (χ0) is 24.5. The monoisotopic (exact) mass is 450 g/mol. The predicted octanol–water partition coefficient (Wildman–Crippen LogP) is 6.30. The minimum atomic E-state index is -0.478. The van der Waals surface area contributed by atoms with Crippen molar-refractivity contribution in [1.82, 2.24) is 0 Å². The zero-order valence-corrected chi connectivity index (χ0v) is 21.2. The summed E-state index contributed by atoms with van der Waals surface area (Å²) in [5, 5.41) is 0. The lowest BCUT2D eigenvalue weighted by Crippen LogP contribution is -2.47. The average molecular weight is 451 g/mol. The van der Waals surface area contributed by atoms with Gasteiger partial charge in [-0.15, -0.1) is 0 Å². The number of carbonyl (C=O) groups is 2. The molecule has 0 saturated heterocycles. The second-order valence-electron chi connectivity index (χ2n) is 11.4. The zero-order valence-electron chi connectivity index (χ0n) is 21.2. The van der Waals surface area contributed by atoms with Crippen molar-refractivity contribution < 1.29 is 9.59 Å². The molecule has 0 aliphatic carbocycles. The van der Waals surface area contributed by atoms with Crippen LogP contribution in [0.1, 0.15) is 74.9 Å². The van der Waals surface area contributed by atoms with Gasteiger partial charge in [-0.2, -0.15) is 0 Å². The van der Waals surface area contributed by atoms with Gasteiger partial charge in [0.2, 0.25) is 0 Å². The highest BCUT2D eigenvalue weighted by molar-refractivity contribution is 6.51. The van der Waals surface area contributed by atoms with Crippen LogP contribution in [0.2, 0.25) is 0 Å². The van der Waals surface area contributed by atoms with Crippen molar-refractivity contribution in [1.29, 1.82) is 0 Å². The van der Waals surface area contributed by atoms with E-state index in [4.69, 9.17) is 0 Å². The van der Waals surface area contributed by atoms with Crippen molar-refractivity contribution in [2.45, 2.75) is 66.5 Å². The van der Waals surface area contributed by atoms with Gasteiger partial charge in [-0.25, -0.2) is 0 Å². The summed E-state index contributed by atoms with van der Waals surface area (Å²) in [6, 6.07) is 8.46. The highest BCUT2D eigenvalue weighted by Crippen LogP contribution is 2.56. The van der Waals surface area contributed by atoms with Gasteiger partial charge in [-0.1, -0.05) is 12.2 Å². The molecule has 0 radical (unpaired) electrons. The van der Waals surface area contributed by atoms with Gasteiger partial charge < -0.3 is 0 Å². The van der Waals surface area contributed by atoms with Crippen LogP contribution in [-0.4, -0.2) is 22.9 Å². The largest absolute Gasteiger partial charge is 0.298 e. The minimum absolute atomic E-state index is 0.0865. The van der Waals surface area contributed by atoms with E-state index in [1.54, 1.807) is 0 Å². The average Bonchev–Trinajstić information content (AvgIpc) is 3.15. The molecule has 0 bridgehead atoms. The molecule has 6 rings (SSSR count). The van der Waals surface area contributed by atoms with Crippen LogP contribution in [0.5, 0.6) is 0 Å². The molecular formula is C30H30N2O2. The number of anilines is 2. The van der Waals surface area contributed by atoms with Crippen molar-refractivity contribution in [2.75, 3.05) is 9.80 Å². The first-order chi connectivity index (χ1) is 15.8. The highest BCUT2D eigenvalue weighted by atomic mass is 16.2. The van der Waals surface area contributed by atoms with Crippen LogP contribution in [0.3, 0.4) is 0 Å². The van der Waals surface area contributed by atoms with Crippen LogP contribution < -0.4 is 9.80 Å². The van der Waals surface area contributed by atoms with E-state index in [9.17, 15) is 9.59 Å². The molecule has 34 heavy (non-hydrogen) atoms. The molecule has 4 heteroatoms. The molecule has 0 atom stereocenters. The Labute approximate surface area is 201 Å². The molecule has 0 fully saturated rings. The van der Waals surface area contributed by atoms with Gasteiger partial charge in [-0.3, -0.25) is 19.4 Å². The first-order valence-corrected chi connectivity index (χ1v) is 12.0. The SMILES string of the molecule is CC1=CC(C)(C)N2C(=O)/C(=C3/C(=O)N4c5c(cc(C)cc53)C(C)=CC4(C)C)c3cc(C)cc1c32. The molecule has 0 saturated carbocycles. The normalized spacial score (nSPS) is 23.2. The summed E-state index contributed by atoms with van der Waals surface area (Å²) in [4.78, 5) is 32.2. The van der Waals surface area contributed by atoms with Gasteiger partial charge in [0, 0.05) is 22.3 Å². The van der Waals surface area contributed by atoms with Crippen LogP contribution in [0, 0.1) is 13.8 Å². The fraction of sp³-hybridized carbons (Fsp3) is 0.333. The third-order valence-corrected chi connectivity index (χ3v) is 7.72. The third-order valence-electron chi connectivity index (χ3n) is 7.72. The molecule has 0 aromatic heterocycles. The summed E-state index contributed by atoms with van der Waals surface area (Å²) in [6.07, 6.45) is 4.32. The maximum Gasteiger partial charge on any atom is 0.260 e. The Kier molecular flexibility index (Phi) is 3.84. The Morgan fingerprint density at radius 3 is 1.24 bits per heavy atom. The van der Waals surface area contributed by atoms with E-state index in [1.165, 1.54) is 0 Å². The van der Waals surface area contributed by atoms with E-state index in [2.05, 4.69) is 91.8 Å². The molecule has 2 aromatic carbocycles. The van der Waals surface area contributed by atoms with Gasteiger partial charge in [-0.05, 0) is 102 Å². The molecule has 0 N–H and O–H groups in total. The van der Waals surface area contributed by atoms with Crippen molar-refractivity contribution in [3.63, 3.8) is 0 Å². The lowest BCUT2D eigenvalue weighted by molar-refractivity contribution is -0.115. The van der Waals surface area contributed by atoms with Gasteiger partial charge in [0.15, 0.2) is 0 Å². The maximum absolute atomic E-state index is 14.2. The number of benzene rings is 2. The Balaban J connectivity index is 1.74. The molecule has 4 heterocycles. The number of carbonyl (C=O) groups excluding carboxylic acids is 2. The lowest BCUT2D eigenvalue weighted by atomic mass is 9.87. The summed E-state index contributed by atoms with van der Waals surface area (Å²) in [7, 11) is 0. The van der Waals surface area contributed by atoms with E-state index in [0.717, 1.165) is 55.9 Å². The molecule has 0 unspecified atom stereocenters. The summed E-state index contributed by atoms with van der Waals surface area (Å²) in [5.74, 6) is -0.173. The predicted molar refractivity (Wildman–Crippen MR) is 140 cm³/mol. The molecule has 2 aromatic rings. The summed E-state index contributed by atoms with van der Waals surface area (Å²) < 4.78 is 0. The summed E-state index contributed by atoms with van der Waals surface area (Å²) >= 11 is 0. The standard InChI is InChI=1S/C30H30N2O2/c1-15-9-19-17(3)13-29(5,6)31-25(19)21(11-15)23(27(31)33)24-22-12-16(2)10-20-18(4)14-30(7,8)32(26(20)22)28(24)34/h9-14H,1-8H3/b24-23+. The van der Waals surface area contributed by atoms with Crippen molar-refractivity contribution in [3.05, 3.63) is 69.8 Å². The highest BCUT2D eigenvalue weighted by Gasteiger charge is 2.51. The second kappa shape index (κ2) is 6.18. The van der Waals surface area contributed by atoms with Crippen LogP contribution in [0.4, 0.5) is 11.4 Å². The Morgan fingerprint density at radius 1 is 0.559 bits per heavy atom. The second-order valence-corrected chi connectivity index (χ2v) is 11.4. The summed E-state index contributed by atoms with van der Waals surface area (Å²) in [6.45, 7) is 16.6. The minimum Gasteiger partial charge on any atom is -0.298 e. The Morgan fingerprint density at radius 2 is 0.882 bits per heavy atom. The number of hydrogen-bond donors (Lipinski definition) is 0. The van der Waals surface area contributed by atoms with E-state index in [0.29, 0.717) is 11.1 Å². The molecule has 4 aliphatic rings. The van der Waals surface area contributed by atoms with Gasteiger partial charge in [0.25, 0.3) is 11.8 Å². The van der Waals surface area contributed by atoms with Crippen molar-refractivity contribution in [3.8, 4) is 0 Å². The number of hydrogen-bond acceptors (Lipinski definition) is 2. The third kappa shape index (κ3) is 2.43. The Bertz CT molecular complexity index is 1370.